The number of rotatable bonds is 7. The summed E-state index contributed by atoms with van der Waals surface area (Å²) in [6.45, 7) is 2.63. The third-order valence-corrected chi connectivity index (χ3v) is 3.93. The standard InChI is InChI=1S/C19H21N3O3/c1-13(20-12-15-7-4-5-10-17(15)24-3)19-21-18(22-25-19)14-8-6-9-16(11-14)23-2/h4-11,13,20H,12H2,1-3H3. The molecule has 0 amide bonds. The zero-order chi connectivity index (χ0) is 17.6. The molecule has 0 saturated heterocycles. The summed E-state index contributed by atoms with van der Waals surface area (Å²) in [4.78, 5) is 4.48. The lowest BCUT2D eigenvalue weighted by Crippen LogP contribution is -2.18. The van der Waals surface area contributed by atoms with Gasteiger partial charge in [0.1, 0.15) is 11.5 Å². The molecule has 6 heteroatoms. The van der Waals surface area contributed by atoms with Crippen molar-refractivity contribution < 1.29 is 14.0 Å². The molecule has 0 aliphatic carbocycles. The van der Waals surface area contributed by atoms with Crippen molar-refractivity contribution in [3.8, 4) is 22.9 Å². The Kier molecular flexibility index (Phi) is 5.30. The first-order chi connectivity index (χ1) is 12.2. The molecule has 1 heterocycles. The van der Waals surface area contributed by atoms with Crippen LogP contribution in [0.4, 0.5) is 0 Å². The number of nitrogens with zero attached hydrogens (tertiary/aromatic N) is 2. The number of aromatic nitrogens is 2. The molecule has 1 aromatic heterocycles. The van der Waals surface area contributed by atoms with Crippen molar-refractivity contribution in [3.63, 3.8) is 0 Å². The van der Waals surface area contributed by atoms with Gasteiger partial charge < -0.3 is 19.3 Å². The van der Waals surface area contributed by atoms with Gasteiger partial charge in [-0.2, -0.15) is 4.98 Å². The molecule has 0 spiro atoms. The van der Waals surface area contributed by atoms with Crippen molar-refractivity contribution >= 4 is 0 Å². The van der Waals surface area contributed by atoms with Gasteiger partial charge in [0.05, 0.1) is 20.3 Å². The summed E-state index contributed by atoms with van der Waals surface area (Å²) in [6, 6.07) is 15.4. The zero-order valence-corrected chi connectivity index (χ0v) is 14.5. The van der Waals surface area contributed by atoms with E-state index in [1.165, 1.54) is 0 Å². The first-order valence-corrected chi connectivity index (χ1v) is 8.04. The van der Waals surface area contributed by atoms with Crippen LogP contribution in [0.15, 0.2) is 53.1 Å². The second-order valence-electron chi connectivity index (χ2n) is 5.60. The Labute approximate surface area is 146 Å². The van der Waals surface area contributed by atoms with Crippen molar-refractivity contribution in [3.05, 3.63) is 60.0 Å². The van der Waals surface area contributed by atoms with Crippen LogP contribution in [0, 0.1) is 0 Å². The van der Waals surface area contributed by atoms with Crippen molar-refractivity contribution in [2.45, 2.75) is 19.5 Å². The molecule has 25 heavy (non-hydrogen) atoms. The highest BCUT2D eigenvalue weighted by molar-refractivity contribution is 5.56. The molecule has 1 N–H and O–H groups in total. The van der Waals surface area contributed by atoms with Crippen molar-refractivity contribution in [2.24, 2.45) is 0 Å². The van der Waals surface area contributed by atoms with E-state index in [9.17, 15) is 0 Å². The Morgan fingerprint density at radius 3 is 2.72 bits per heavy atom. The number of methoxy groups -OCH3 is 2. The number of hydrogen-bond acceptors (Lipinski definition) is 6. The molecule has 0 aliphatic rings. The van der Waals surface area contributed by atoms with Crippen LogP contribution in [0.2, 0.25) is 0 Å². The van der Waals surface area contributed by atoms with E-state index in [0.29, 0.717) is 18.3 Å². The summed E-state index contributed by atoms with van der Waals surface area (Å²) in [7, 11) is 3.30. The Morgan fingerprint density at radius 1 is 1.08 bits per heavy atom. The van der Waals surface area contributed by atoms with Crippen LogP contribution in [0.1, 0.15) is 24.4 Å². The number of para-hydroxylation sites is 1. The molecule has 0 bridgehead atoms. The molecule has 1 unspecified atom stereocenters. The van der Waals surface area contributed by atoms with Gasteiger partial charge in [-0.05, 0) is 25.1 Å². The molecule has 0 saturated carbocycles. The molecule has 3 aromatic rings. The summed E-state index contributed by atoms with van der Waals surface area (Å²) in [5.41, 5.74) is 1.93. The molecular formula is C19H21N3O3. The molecule has 0 aliphatic heterocycles. The average molecular weight is 339 g/mol. The van der Waals surface area contributed by atoms with Gasteiger partial charge >= 0.3 is 0 Å². The monoisotopic (exact) mass is 339 g/mol. The van der Waals surface area contributed by atoms with E-state index in [2.05, 4.69) is 15.5 Å². The maximum atomic E-state index is 5.40. The number of ether oxygens (including phenoxy) is 2. The maximum absolute atomic E-state index is 5.40. The lowest BCUT2D eigenvalue weighted by molar-refractivity contribution is 0.337. The number of benzene rings is 2. The highest BCUT2D eigenvalue weighted by Crippen LogP contribution is 2.23. The molecule has 6 nitrogen and oxygen atoms in total. The van der Waals surface area contributed by atoms with Crippen molar-refractivity contribution in [1.82, 2.24) is 15.5 Å². The SMILES string of the molecule is COc1cccc(-c2noc(C(C)NCc3ccccc3OC)n2)c1. The fourth-order valence-corrected chi connectivity index (χ4v) is 2.49. The van der Waals surface area contributed by atoms with E-state index >= 15 is 0 Å². The zero-order valence-electron chi connectivity index (χ0n) is 14.5. The molecule has 0 fully saturated rings. The van der Waals surface area contributed by atoms with E-state index < -0.39 is 0 Å². The Morgan fingerprint density at radius 2 is 1.92 bits per heavy atom. The van der Waals surface area contributed by atoms with Gasteiger partial charge in [-0.25, -0.2) is 0 Å². The molecular weight excluding hydrogens is 318 g/mol. The molecule has 1 atom stereocenters. The number of hydrogen-bond donors (Lipinski definition) is 1. The molecule has 130 valence electrons. The smallest absolute Gasteiger partial charge is 0.243 e. The Balaban J connectivity index is 1.69. The molecule has 3 rings (SSSR count). The minimum Gasteiger partial charge on any atom is -0.497 e. The van der Waals surface area contributed by atoms with Crippen LogP contribution < -0.4 is 14.8 Å². The first kappa shape index (κ1) is 17.0. The number of nitrogens with one attached hydrogen (secondary N) is 1. The van der Waals surface area contributed by atoms with Crippen LogP contribution in [0.3, 0.4) is 0 Å². The average Bonchev–Trinajstić information content (AvgIpc) is 3.16. The van der Waals surface area contributed by atoms with Gasteiger partial charge in [0, 0.05) is 17.7 Å². The maximum Gasteiger partial charge on any atom is 0.243 e. The van der Waals surface area contributed by atoms with Gasteiger partial charge in [0.15, 0.2) is 0 Å². The van der Waals surface area contributed by atoms with Gasteiger partial charge in [-0.15, -0.1) is 0 Å². The van der Waals surface area contributed by atoms with E-state index in [0.717, 1.165) is 22.6 Å². The van der Waals surface area contributed by atoms with Gasteiger partial charge in [0.2, 0.25) is 11.7 Å². The Bertz CT molecular complexity index is 832. The minimum atomic E-state index is -0.0863. The van der Waals surface area contributed by atoms with E-state index in [1.807, 2.05) is 55.5 Å². The van der Waals surface area contributed by atoms with E-state index in [-0.39, 0.29) is 6.04 Å². The van der Waals surface area contributed by atoms with E-state index in [4.69, 9.17) is 14.0 Å². The molecule has 0 radical (unpaired) electrons. The summed E-state index contributed by atoms with van der Waals surface area (Å²) < 4.78 is 16.0. The topological polar surface area (TPSA) is 69.4 Å². The van der Waals surface area contributed by atoms with Gasteiger partial charge in [-0.3, -0.25) is 0 Å². The highest BCUT2D eigenvalue weighted by atomic mass is 16.5. The summed E-state index contributed by atoms with van der Waals surface area (Å²) in [5.74, 6) is 2.68. The van der Waals surface area contributed by atoms with Crippen LogP contribution in [-0.4, -0.2) is 24.4 Å². The summed E-state index contributed by atoms with van der Waals surface area (Å²) in [6.07, 6.45) is 0. The summed E-state index contributed by atoms with van der Waals surface area (Å²) >= 11 is 0. The normalized spacial score (nSPS) is 12.0. The second kappa shape index (κ2) is 7.81. The fraction of sp³-hybridized carbons (Fsp3) is 0.263. The summed E-state index contributed by atoms with van der Waals surface area (Å²) in [5, 5.41) is 7.44. The van der Waals surface area contributed by atoms with Crippen LogP contribution in [-0.2, 0) is 6.54 Å². The lowest BCUT2D eigenvalue weighted by atomic mass is 10.2. The Hall–Kier alpha value is -2.86. The van der Waals surface area contributed by atoms with Crippen LogP contribution in [0.25, 0.3) is 11.4 Å². The van der Waals surface area contributed by atoms with Gasteiger partial charge in [-0.1, -0.05) is 35.5 Å². The second-order valence-corrected chi connectivity index (χ2v) is 5.60. The first-order valence-electron chi connectivity index (χ1n) is 8.04. The largest absolute Gasteiger partial charge is 0.497 e. The third-order valence-electron chi connectivity index (χ3n) is 3.93. The van der Waals surface area contributed by atoms with E-state index in [1.54, 1.807) is 14.2 Å². The fourth-order valence-electron chi connectivity index (χ4n) is 2.49. The predicted molar refractivity (Wildman–Crippen MR) is 94.5 cm³/mol. The van der Waals surface area contributed by atoms with Crippen LogP contribution >= 0.6 is 0 Å². The quantitative estimate of drug-likeness (QED) is 0.709. The molecule has 2 aromatic carbocycles. The van der Waals surface area contributed by atoms with Crippen molar-refractivity contribution in [1.29, 1.82) is 0 Å². The highest BCUT2D eigenvalue weighted by Gasteiger charge is 2.16. The predicted octanol–water partition coefficient (Wildman–Crippen LogP) is 3.60. The van der Waals surface area contributed by atoms with Gasteiger partial charge in [0.25, 0.3) is 0 Å². The van der Waals surface area contributed by atoms with Crippen molar-refractivity contribution in [2.75, 3.05) is 14.2 Å². The lowest BCUT2D eigenvalue weighted by Gasteiger charge is -2.12. The third kappa shape index (κ3) is 3.97. The van der Waals surface area contributed by atoms with Crippen LogP contribution in [0.5, 0.6) is 11.5 Å². The minimum absolute atomic E-state index is 0.0863.